The molecule has 0 fully saturated rings. The van der Waals surface area contributed by atoms with Crippen molar-refractivity contribution >= 4 is 18.2 Å². The average Bonchev–Trinajstić information content (AvgIpc) is 2.75. The van der Waals surface area contributed by atoms with E-state index in [9.17, 15) is 14.4 Å². The smallest absolute Gasteiger partial charge is 0.428 e. The summed E-state index contributed by atoms with van der Waals surface area (Å²) in [5, 5.41) is 4.17. The summed E-state index contributed by atoms with van der Waals surface area (Å²) in [6, 6.07) is 10.7. The average molecular weight is 503 g/mol. The molecule has 0 aliphatic heterocycles. The second-order valence-corrected chi connectivity index (χ2v) is 9.58. The summed E-state index contributed by atoms with van der Waals surface area (Å²) in [6.45, 7) is 12.1. The highest BCUT2D eigenvalue weighted by molar-refractivity contribution is 5.91. The summed E-state index contributed by atoms with van der Waals surface area (Å²) in [5.74, 6) is -0.821. The normalized spacial score (nSPS) is 11.9. The Morgan fingerprint density at radius 3 is 2.11 bits per heavy atom. The van der Waals surface area contributed by atoms with Crippen LogP contribution in [0.15, 0.2) is 47.7 Å². The van der Waals surface area contributed by atoms with Gasteiger partial charge in [0.05, 0.1) is 6.61 Å². The fourth-order valence-corrected chi connectivity index (χ4v) is 2.78. The molecule has 11 nitrogen and oxygen atoms in total. The number of hydrogen-bond donors (Lipinski definition) is 2. The van der Waals surface area contributed by atoms with Gasteiger partial charge in [-0.2, -0.15) is 5.10 Å². The maximum Gasteiger partial charge on any atom is 0.428 e. The summed E-state index contributed by atoms with van der Waals surface area (Å²) in [6.07, 6.45) is -0.234. The van der Waals surface area contributed by atoms with Crippen molar-refractivity contribution < 1.29 is 33.3 Å². The number of benzene rings is 1. The first-order valence-electron chi connectivity index (χ1n) is 11.4. The van der Waals surface area contributed by atoms with Gasteiger partial charge in [0.15, 0.2) is 11.4 Å². The Balaban J connectivity index is 2.56. The zero-order chi connectivity index (χ0) is 26.9. The van der Waals surface area contributed by atoms with Crippen LogP contribution in [0, 0.1) is 0 Å². The van der Waals surface area contributed by atoms with Gasteiger partial charge in [-0.1, -0.05) is 30.3 Å². The number of carbonyl (C=O) groups is 3. The van der Waals surface area contributed by atoms with Gasteiger partial charge >= 0.3 is 18.2 Å². The van der Waals surface area contributed by atoms with E-state index in [2.05, 4.69) is 16.0 Å². The number of nitrogens with one attached hydrogen (secondary N) is 2. The minimum Gasteiger partial charge on any atom is -0.484 e. The molecule has 0 atom stereocenters. The number of rotatable bonds is 7. The number of ether oxygens (including phenoxy) is 4. The molecule has 196 valence electrons. The summed E-state index contributed by atoms with van der Waals surface area (Å²) >= 11 is 0. The van der Waals surface area contributed by atoms with Gasteiger partial charge in [0.1, 0.15) is 23.2 Å². The van der Waals surface area contributed by atoms with E-state index in [0.717, 1.165) is 10.2 Å². The number of aromatic nitrogens is 1. The summed E-state index contributed by atoms with van der Waals surface area (Å²) in [4.78, 5) is 37.6. The Morgan fingerprint density at radius 2 is 1.53 bits per heavy atom. The van der Waals surface area contributed by atoms with Crippen molar-refractivity contribution in [1.82, 2.24) is 10.1 Å². The third kappa shape index (κ3) is 9.32. The maximum atomic E-state index is 13.0. The summed E-state index contributed by atoms with van der Waals surface area (Å²) < 4.78 is 22.8. The van der Waals surface area contributed by atoms with Crippen LogP contribution in [0.3, 0.4) is 0 Å². The zero-order valence-corrected chi connectivity index (χ0v) is 21.7. The molecule has 0 aliphatic rings. The minimum atomic E-state index is -0.802. The predicted molar refractivity (Wildman–Crippen MR) is 132 cm³/mol. The van der Waals surface area contributed by atoms with E-state index in [0.29, 0.717) is 0 Å². The lowest BCUT2D eigenvalue weighted by Crippen LogP contribution is -2.35. The van der Waals surface area contributed by atoms with Crippen LogP contribution in [0.4, 0.5) is 9.59 Å². The minimum absolute atomic E-state index is 0.0353. The zero-order valence-electron chi connectivity index (χ0n) is 21.7. The van der Waals surface area contributed by atoms with Gasteiger partial charge in [-0.25, -0.2) is 29.9 Å². The van der Waals surface area contributed by atoms with Crippen molar-refractivity contribution in [2.24, 2.45) is 5.10 Å². The molecule has 0 saturated carbocycles. The van der Waals surface area contributed by atoms with Crippen molar-refractivity contribution in [3.8, 4) is 5.75 Å². The molecule has 2 amide bonds. The number of carbonyl (C=O) groups excluding carboxylic acids is 3. The Bertz CT molecular complexity index is 1130. The lowest BCUT2D eigenvalue weighted by molar-refractivity contribution is 0.0502. The monoisotopic (exact) mass is 502 g/mol. The third-order valence-electron chi connectivity index (χ3n) is 4.04. The molecule has 2 N–H and O–H groups in total. The van der Waals surface area contributed by atoms with Crippen LogP contribution in [0.5, 0.6) is 5.75 Å². The van der Waals surface area contributed by atoms with E-state index in [4.69, 9.17) is 18.9 Å². The highest BCUT2D eigenvalue weighted by Crippen LogP contribution is 2.17. The Labute approximate surface area is 210 Å². The SMILES string of the molecule is CCOC(=O)c1c(OCc2ccccc2)/c(=N/NC(=O)OC(C)(C)C)ccn1NC(=O)OC(C)(C)C. The van der Waals surface area contributed by atoms with Crippen molar-refractivity contribution in [2.75, 3.05) is 12.0 Å². The van der Waals surface area contributed by atoms with Crippen molar-refractivity contribution in [3.05, 3.63) is 59.2 Å². The van der Waals surface area contributed by atoms with Crippen LogP contribution >= 0.6 is 0 Å². The fraction of sp³-hybridized carbons (Fsp3) is 0.440. The molecule has 11 heteroatoms. The topological polar surface area (TPSA) is 129 Å². The van der Waals surface area contributed by atoms with Crippen LogP contribution in [-0.2, 0) is 20.8 Å². The highest BCUT2D eigenvalue weighted by atomic mass is 16.6. The molecular formula is C25H34N4O7. The van der Waals surface area contributed by atoms with Crippen molar-refractivity contribution in [1.29, 1.82) is 0 Å². The molecule has 1 heterocycles. The number of amides is 2. The van der Waals surface area contributed by atoms with Gasteiger partial charge in [0.2, 0.25) is 0 Å². The van der Waals surface area contributed by atoms with E-state index in [1.165, 1.54) is 12.3 Å². The van der Waals surface area contributed by atoms with Gasteiger partial charge in [-0.3, -0.25) is 0 Å². The van der Waals surface area contributed by atoms with E-state index in [1.807, 2.05) is 30.3 Å². The second kappa shape index (κ2) is 12.1. The van der Waals surface area contributed by atoms with Gasteiger partial charge in [-0.05, 0) is 60.1 Å². The third-order valence-corrected chi connectivity index (χ3v) is 4.04. The fourth-order valence-electron chi connectivity index (χ4n) is 2.78. The molecule has 0 radical (unpaired) electrons. The lowest BCUT2D eigenvalue weighted by Gasteiger charge is -2.22. The van der Waals surface area contributed by atoms with Gasteiger partial charge in [0.25, 0.3) is 0 Å². The largest absolute Gasteiger partial charge is 0.484 e. The number of nitrogens with zero attached hydrogens (tertiary/aromatic N) is 2. The number of esters is 1. The molecule has 1 aromatic carbocycles. The number of hydrogen-bond acceptors (Lipinski definition) is 8. The van der Waals surface area contributed by atoms with Crippen LogP contribution < -0.4 is 20.9 Å². The first-order valence-corrected chi connectivity index (χ1v) is 11.4. The Morgan fingerprint density at radius 1 is 0.917 bits per heavy atom. The van der Waals surface area contributed by atoms with E-state index in [1.54, 1.807) is 48.5 Å². The van der Waals surface area contributed by atoms with Gasteiger partial charge < -0.3 is 18.9 Å². The molecule has 0 unspecified atom stereocenters. The van der Waals surface area contributed by atoms with Gasteiger partial charge in [-0.15, -0.1) is 0 Å². The summed E-state index contributed by atoms with van der Waals surface area (Å²) in [7, 11) is 0. The molecule has 2 aromatic rings. The number of pyridine rings is 1. The molecule has 1 aromatic heterocycles. The standard InChI is InChI=1S/C25H34N4O7/c1-8-33-21(30)19-20(34-16-17-12-10-9-11-13-17)18(26-27-22(31)35-24(2,3)4)14-15-29(19)28-23(32)36-25(5,6)7/h9-15H,8,16H2,1-7H3,(H,27,31)(H,28,32)/b26-18+. The highest BCUT2D eigenvalue weighted by Gasteiger charge is 2.24. The van der Waals surface area contributed by atoms with E-state index >= 15 is 0 Å². The molecular weight excluding hydrogens is 468 g/mol. The quantitative estimate of drug-likeness (QED) is 0.332. The molecule has 0 bridgehead atoms. The van der Waals surface area contributed by atoms with Crippen LogP contribution in [0.2, 0.25) is 0 Å². The predicted octanol–water partition coefficient (Wildman–Crippen LogP) is 4.06. The van der Waals surface area contributed by atoms with Crippen molar-refractivity contribution in [2.45, 2.75) is 66.3 Å². The molecule has 0 spiro atoms. The maximum absolute atomic E-state index is 13.0. The van der Waals surface area contributed by atoms with Crippen LogP contribution in [-0.4, -0.2) is 40.6 Å². The Hall–Kier alpha value is -4.02. The molecule has 2 rings (SSSR count). The summed E-state index contributed by atoms with van der Waals surface area (Å²) in [5.41, 5.74) is 3.93. The Kier molecular flexibility index (Phi) is 9.48. The van der Waals surface area contributed by atoms with E-state index < -0.39 is 29.4 Å². The second-order valence-electron chi connectivity index (χ2n) is 9.58. The van der Waals surface area contributed by atoms with E-state index in [-0.39, 0.29) is 30.0 Å². The van der Waals surface area contributed by atoms with Crippen LogP contribution in [0.1, 0.15) is 64.5 Å². The molecule has 0 saturated heterocycles. The first kappa shape index (κ1) is 28.2. The van der Waals surface area contributed by atoms with Crippen LogP contribution in [0.25, 0.3) is 0 Å². The first-order chi connectivity index (χ1) is 16.8. The van der Waals surface area contributed by atoms with Crippen molar-refractivity contribution in [3.63, 3.8) is 0 Å². The molecule has 0 aliphatic carbocycles. The lowest BCUT2D eigenvalue weighted by atomic mass is 10.2. The molecule has 36 heavy (non-hydrogen) atoms. The van der Waals surface area contributed by atoms with Gasteiger partial charge in [0, 0.05) is 6.20 Å².